The van der Waals surface area contributed by atoms with Gasteiger partial charge in [-0.25, -0.2) is 0 Å². The van der Waals surface area contributed by atoms with Crippen LogP contribution in [0.3, 0.4) is 0 Å². The van der Waals surface area contributed by atoms with Gasteiger partial charge in [-0.2, -0.15) is 0 Å². The topological polar surface area (TPSA) is 60.7 Å². The fraction of sp³-hybridized carbons (Fsp3) is 1.00. The molecule has 18 heavy (non-hydrogen) atoms. The zero-order chi connectivity index (χ0) is 14.1. The van der Waals surface area contributed by atoms with E-state index in [4.69, 9.17) is 15.1 Å². The molecular weight excluding hydrogens is 374 g/mol. The SMILES string of the molecule is CCCCCCCCCCCC[S][La].OB(O)O. The average molecular weight is 402 g/mol. The predicted octanol–water partition coefficient (Wildman–Crippen LogP) is 3.05. The Morgan fingerprint density at radius 3 is 1.44 bits per heavy atom. The van der Waals surface area contributed by atoms with E-state index in [2.05, 4.69) is 13.6 Å². The standard InChI is InChI=1S/C12H26S.BH3O3.La/c1-2-3-4-5-6-7-8-9-10-11-12-13;2-1(3)4;/h13H,2-12H2,1H3;2-4H;/q;;+1/p-1. The summed E-state index contributed by atoms with van der Waals surface area (Å²) in [6.07, 6.45) is 14.7. The largest absolute Gasteiger partial charge is 0.631 e. The van der Waals surface area contributed by atoms with Crippen molar-refractivity contribution in [2.24, 2.45) is 0 Å². The van der Waals surface area contributed by atoms with Crippen molar-refractivity contribution in [3.63, 3.8) is 0 Å². The molecule has 0 unspecified atom stereocenters. The second-order valence-electron chi connectivity index (χ2n) is 4.40. The molecule has 0 atom stereocenters. The number of unbranched alkanes of at least 4 members (excludes halogenated alkanes) is 9. The van der Waals surface area contributed by atoms with Crippen LogP contribution < -0.4 is 0 Å². The van der Waals surface area contributed by atoms with Gasteiger partial charge in [0, 0.05) is 0 Å². The molecule has 0 bridgehead atoms. The van der Waals surface area contributed by atoms with E-state index in [1.54, 1.807) is 0 Å². The van der Waals surface area contributed by atoms with Crippen LogP contribution in [0.15, 0.2) is 0 Å². The van der Waals surface area contributed by atoms with E-state index in [-0.39, 0.29) is 0 Å². The molecule has 0 fully saturated rings. The van der Waals surface area contributed by atoms with Gasteiger partial charge in [-0.05, 0) is 0 Å². The van der Waals surface area contributed by atoms with Crippen molar-refractivity contribution in [2.45, 2.75) is 71.1 Å². The van der Waals surface area contributed by atoms with Gasteiger partial charge in [0.15, 0.2) is 0 Å². The molecule has 0 aliphatic rings. The van der Waals surface area contributed by atoms with Crippen molar-refractivity contribution in [3.05, 3.63) is 0 Å². The summed E-state index contributed by atoms with van der Waals surface area (Å²) in [6, 6.07) is 0. The van der Waals surface area contributed by atoms with Crippen LogP contribution in [0.2, 0.25) is 0 Å². The van der Waals surface area contributed by atoms with Crippen molar-refractivity contribution < 1.29 is 47.0 Å². The van der Waals surface area contributed by atoms with Crippen molar-refractivity contribution >= 4 is 14.0 Å². The van der Waals surface area contributed by atoms with Crippen LogP contribution in [-0.2, 0) is 0 Å². The molecule has 0 saturated heterocycles. The summed E-state index contributed by atoms with van der Waals surface area (Å²) in [4.78, 5) is 0. The summed E-state index contributed by atoms with van der Waals surface area (Å²) >= 11 is 1.15. The monoisotopic (exact) mass is 402 g/mol. The van der Waals surface area contributed by atoms with E-state index >= 15 is 0 Å². The molecule has 0 spiro atoms. The van der Waals surface area contributed by atoms with Crippen molar-refractivity contribution in [1.29, 1.82) is 0 Å². The van der Waals surface area contributed by atoms with E-state index in [0.717, 1.165) is 32.0 Å². The number of hydrogen-bond acceptors (Lipinski definition) is 4. The molecule has 0 aromatic rings. The molecule has 0 radical (unpaired) electrons. The first-order valence-corrected chi connectivity index (χ1v) is 12.5. The summed E-state index contributed by atoms with van der Waals surface area (Å²) in [5, 5.41) is 21.5. The van der Waals surface area contributed by atoms with E-state index in [9.17, 15) is 0 Å². The van der Waals surface area contributed by atoms with Crippen LogP contribution in [0, 0.1) is 32.0 Å². The molecular formula is C12H28BLaO3S. The van der Waals surface area contributed by atoms with Gasteiger partial charge in [0.1, 0.15) is 0 Å². The second kappa shape index (κ2) is 20.8. The van der Waals surface area contributed by atoms with Gasteiger partial charge in [0.05, 0.1) is 0 Å². The zero-order valence-corrected chi connectivity index (χ0v) is 16.1. The minimum absolute atomic E-state index is 1.15. The molecule has 3 N–H and O–H groups in total. The minimum Gasteiger partial charge on any atom is -0.402 e. The van der Waals surface area contributed by atoms with Gasteiger partial charge in [-0.3, -0.25) is 0 Å². The Kier molecular flexibility index (Phi) is 25.2. The molecule has 3 nitrogen and oxygen atoms in total. The Hall–Kier alpha value is 1.49. The van der Waals surface area contributed by atoms with Crippen molar-refractivity contribution in [1.82, 2.24) is 0 Å². The second-order valence-corrected chi connectivity index (χ2v) is 8.28. The zero-order valence-electron chi connectivity index (χ0n) is 11.7. The van der Waals surface area contributed by atoms with Crippen molar-refractivity contribution in [3.8, 4) is 0 Å². The van der Waals surface area contributed by atoms with E-state index < -0.39 is 7.32 Å². The molecule has 0 saturated carbocycles. The molecule has 0 amide bonds. The fourth-order valence-electron chi connectivity index (χ4n) is 1.67. The quantitative estimate of drug-likeness (QED) is 0.368. The van der Waals surface area contributed by atoms with Gasteiger partial charge >= 0.3 is 116 Å². The maximum Gasteiger partial charge on any atom is 0.631 e. The van der Waals surface area contributed by atoms with Crippen molar-refractivity contribution in [2.75, 3.05) is 5.75 Å². The Morgan fingerprint density at radius 2 is 1.11 bits per heavy atom. The van der Waals surface area contributed by atoms with Crippen LogP contribution in [0.4, 0.5) is 0 Å². The average Bonchev–Trinajstić information content (AvgIpc) is 2.31. The molecule has 0 aromatic heterocycles. The van der Waals surface area contributed by atoms with Crippen LogP contribution in [0.1, 0.15) is 71.1 Å². The van der Waals surface area contributed by atoms with Gasteiger partial charge < -0.3 is 15.1 Å². The molecule has 0 aromatic carbocycles. The van der Waals surface area contributed by atoms with Gasteiger partial charge in [-0.1, -0.05) is 6.92 Å². The van der Waals surface area contributed by atoms with E-state index in [0.29, 0.717) is 0 Å². The summed E-state index contributed by atoms with van der Waals surface area (Å²) in [5.74, 6) is 1.43. The van der Waals surface area contributed by atoms with Crippen LogP contribution in [0.5, 0.6) is 0 Å². The third-order valence-corrected chi connectivity index (χ3v) is 5.36. The maximum absolute atomic E-state index is 7.17. The van der Waals surface area contributed by atoms with Gasteiger partial charge in [0.25, 0.3) is 0 Å². The Labute approximate surface area is 137 Å². The van der Waals surface area contributed by atoms with Gasteiger partial charge in [0.2, 0.25) is 0 Å². The molecule has 6 heteroatoms. The van der Waals surface area contributed by atoms with Gasteiger partial charge in [-0.15, -0.1) is 0 Å². The number of hydrogen-bond donors (Lipinski definition) is 3. The molecule has 106 valence electrons. The van der Waals surface area contributed by atoms with Crippen LogP contribution in [-0.4, -0.2) is 28.1 Å². The number of rotatable bonds is 11. The van der Waals surface area contributed by atoms with Crippen LogP contribution in [0.25, 0.3) is 0 Å². The third-order valence-electron chi connectivity index (χ3n) is 2.62. The van der Waals surface area contributed by atoms with E-state index in [1.165, 1.54) is 70.0 Å². The first-order chi connectivity index (χ1) is 8.65. The summed E-state index contributed by atoms with van der Waals surface area (Å²) in [6.45, 7) is 4.43. The normalized spacial score (nSPS) is 9.72. The molecule has 0 aliphatic heterocycles. The van der Waals surface area contributed by atoms with E-state index in [1.807, 2.05) is 0 Å². The summed E-state index contributed by atoms with van der Waals surface area (Å²) in [5.41, 5.74) is 0. The summed E-state index contributed by atoms with van der Waals surface area (Å²) in [7, 11) is -2.17. The Morgan fingerprint density at radius 1 is 0.778 bits per heavy atom. The first-order valence-electron chi connectivity index (χ1n) is 7.01. The maximum atomic E-state index is 7.17. The van der Waals surface area contributed by atoms with Crippen LogP contribution >= 0.6 is 6.72 Å². The minimum atomic E-state index is -2.17. The molecule has 0 rings (SSSR count). The summed E-state index contributed by atoms with van der Waals surface area (Å²) < 4.78 is 0. The molecule has 0 heterocycles. The smallest absolute Gasteiger partial charge is 0.402 e. The first kappa shape index (κ1) is 21.8. The Balaban J connectivity index is 0. The molecule has 0 aliphatic carbocycles. The third kappa shape index (κ3) is 30.5. The fourth-order valence-corrected chi connectivity index (χ4v) is 3.61. The predicted molar refractivity (Wildman–Crippen MR) is 76.7 cm³/mol. The Bertz CT molecular complexity index is 128.